The quantitative estimate of drug-likeness (QED) is 0.0897. The zero-order valence-corrected chi connectivity index (χ0v) is 27.6. The van der Waals surface area contributed by atoms with Gasteiger partial charge in [-0.05, 0) is 60.7 Å². The van der Waals surface area contributed by atoms with Crippen molar-refractivity contribution in [2.45, 2.75) is 90.7 Å². The van der Waals surface area contributed by atoms with Crippen molar-refractivity contribution in [2.75, 3.05) is 32.3 Å². The largest absolute Gasteiger partial charge is 0.527 e. The fourth-order valence-electron chi connectivity index (χ4n) is 4.66. The smallest absolute Gasteiger partial charge is 0.494 e. The van der Waals surface area contributed by atoms with Gasteiger partial charge >= 0.3 is 7.82 Å². The lowest BCUT2D eigenvalue weighted by Gasteiger charge is -2.20. The van der Waals surface area contributed by atoms with E-state index in [-0.39, 0.29) is 19.0 Å². The Balaban J connectivity index is 1.32. The molecule has 0 spiro atoms. The maximum Gasteiger partial charge on any atom is 0.527 e. The molecule has 1 aliphatic heterocycles. The summed E-state index contributed by atoms with van der Waals surface area (Å²) in [5, 5.41) is 2.04. The van der Waals surface area contributed by atoms with Crippen LogP contribution in [0.3, 0.4) is 0 Å². The normalized spacial score (nSPS) is 14.9. The van der Waals surface area contributed by atoms with E-state index in [0.29, 0.717) is 25.5 Å². The number of rotatable bonds is 24. The lowest BCUT2D eigenvalue weighted by molar-refractivity contribution is -0.00711. The van der Waals surface area contributed by atoms with Gasteiger partial charge in [-0.1, -0.05) is 76.8 Å². The van der Waals surface area contributed by atoms with Gasteiger partial charge in [0.25, 0.3) is 0 Å². The fourth-order valence-corrected chi connectivity index (χ4v) is 6.16. The van der Waals surface area contributed by atoms with Gasteiger partial charge in [-0.2, -0.15) is 0 Å². The van der Waals surface area contributed by atoms with Crippen molar-refractivity contribution >= 4 is 19.6 Å². The molecule has 43 heavy (non-hydrogen) atoms. The first-order valence-electron chi connectivity index (χ1n) is 15.7. The van der Waals surface area contributed by atoms with E-state index in [4.69, 9.17) is 23.3 Å². The van der Waals surface area contributed by atoms with Crippen molar-refractivity contribution in [1.82, 2.24) is 4.90 Å². The van der Waals surface area contributed by atoms with Crippen LogP contribution in [0.4, 0.5) is 0 Å². The first kappa shape index (κ1) is 35.3. The molecule has 0 aliphatic carbocycles. The number of ether oxygens (including phenoxy) is 3. The summed E-state index contributed by atoms with van der Waals surface area (Å²) in [6, 6.07) is 14.6. The Morgan fingerprint density at radius 2 is 1.53 bits per heavy atom. The Morgan fingerprint density at radius 1 is 0.860 bits per heavy atom. The van der Waals surface area contributed by atoms with E-state index >= 15 is 0 Å². The summed E-state index contributed by atoms with van der Waals surface area (Å²) < 4.78 is 40.7. The van der Waals surface area contributed by atoms with Crippen LogP contribution >= 0.6 is 19.6 Å². The van der Waals surface area contributed by atoms with Crippen LogP contribution < -0.4 is 14.0 Å². The molecule has 3 rings (SSSR count). The third-order valence-electron chi connectivity index (χ3n) is 6.97. The number of thioether (sulfide) groups is 1. The second-order valence-electron chi connectivity index (χ2n) is 10.7. The van der Waals surface area contributed by atoms with Crippen molar-refractivity contribution in [2.24, 2.45) is 0 Å². The van der Waals surface area contributed by atoms with Crippen molar-refractivity contribution < 1.29 is 32.7 Å². The first-order valence-corrected chi connectivity index (χ1v) is 18.3. The van der Waals surface area contributed by atoms with Gasteiger partial charge in [0.15, 0.2) is 0 Å². The highest BCUT2D eigenvalue weighted by Crippen LogP contribution is 2.44. The zero-order valence-electron chi connectivity index (χ0n) is 25.9. The minimum atomic E-state index is -4.36. The molecule has 10 heteroatoms. The summed E-state index contributed by atoms with van der Waals surface area (Å²) in [6.45, 7) is 5.91. The van der Waals surface area contributed by atoms with Crippen LogP contribution in [0.1, 0.15) is 83.6 Å². The molecule has 1 aliphatic rings. The second kappa shape index (κ2) is 20.7. The van der Waals surface area contributed by atoms with Crippen molar-refractivity contribution in [1.29, 1.82) is 0 Å². The van der Waals surface area contributed by atoms with Gasteiger partial charge in [-0.25, -0.2) is 4.57 Å². The van der Waals surface area contributed by atoms with Crippen LogP contribution in [0, 0.1) is 0 Å². The summed E-state index contributed by atoms with van der Waals surface area (Å²) in [4.78, 5) is 12.5. The number of hydrogen-bond donors (Lipinski definition) is 1. The SMILES string of the molecule is CCCCCCCCCCCCOc1ccc(OCC(COP(=O)(O)Oc2cccc(CN3C=CSC3)c2)OCC)cc1. The highest BCUT2D eigenvalue weighted by Gasteiger charge is 2.26. The Bertz CT molecular complexity index is 1100. The van der Waals surface area contributed by atoms with Crippen LogP contribution in [0.15, 0.2) is 60.1 Å². The Kier molecular flexibility index (Phi) is 17.0. The van der Waals surface area contributed by atoms with Crippen LogP contribution in [0.2, 0.25) is 0 Å². The van der Waals surface area contributed by atoms with E-state index in [1.54, 1.807) is 30.0 Å². The second-order valence-corrected chi connectivity index (χ2v) is 13.0. The molecule has 1 heterocycles. The maximum atomic E-state index is 12.7. The Morgan fingerprint density at radius 3 is 2.19 bits per heavy atom. The van der Waals surface area contributed by atoms with Gasteiger partial charge in [0, 0.05) is 19.4 Å². The van der Waals surface area contributed by atoms with Gasteiger partial charge in [0.1, 0.15) is 30.0 Å². The minimum Gasteiger partial charge on any atom is -0.494 e. The van der Waals surface area contributed by atoms with Gasteiger partial charge < -0.3 is 23.6 Å². The first-order chi connectivity index (χ1) is 21.0. The number of benzene rings is 2. The number of nitrogens with zero attached hydrogens (tertiary/aromatic N) is 1. The molecular weight excluding hydrogens is 585 g/mol. The molecule has 1 N–H and O–H groups in total. The van der Waals surface area contributed by atoms with E-state index in [9.17, 15) is 9.46 Å². The van der Waals surface area contributed by atoms with E-state index < -0.39 is 13.9 Å². The van der Waals surface area contributed by atoms with Crippen molar-refractivity contribution in [3.63, 3.8) is 0 Å². The molecule has 2 unspecified atom stereocenters. The van der Waals surface area contributed by atoms with Crippen molar-refractivity contribution in [3.8, 4) is 17.2 Å². The molecule has 2 aromatic carbocycles. The number of phosphoric acid groups is 1. The summed E-state index contributed by atoms with van der Waals surface area (Å²) >= 11 is 1.72. The molecule has 2 aromatic rings. The van der Waals surface area contributed by atoms with E-state index in [0.717, 1.165) is 23.6 Å². The highest BCUT2D eigenvalue weighted by molar-refractivity contribution is 8.02. The molecule has 8 nitrogen and oxygen atoms in total. The number of unbranched alkanes of at least 4 members (excludes halogenated alkanes) is 9. The molecule has 0 saturated carbocycles. The molecule has 2 atom stereocenters. The standard InChI is InChI=1S/C33H50NO7PS/c1-3-5-6-7-8-9-10-11-12-13-22-38-30-17-19-31(20-18-30)39-26-33(37-4-2)27-40-42(35,36)41-32-16-14-15-29(24-32)25-34-21-23-43-28-34/h14-21,23-24,33H,3-13,22,25-28H2,1-2H3,(H,35,36). The third kappa shape index (κ3) is 15.4. The zero-order chi connectivity index (χ0) is 30.6. The molecular formula is C33H50NO7PS. The molecule has 240 valence electrons. The fraction of sp³-hybridized carbons (Fsp3) is 0.576. The van der Waals surface area contributed by atoms with E-state index in [1.165, 1.54) is 57.8 Å². The van der Waals surface area contributed by atoms with Crippen LogP contribution in [-0.4, -0.2) is 48.2 Å². The third-order valence-corrected chi connectivity index (χ3v) is 8.68. The van der Waals surface area contributed by atoms with E-state index in [2.05, 4.69) is 11.8 Å². The molecule has 0 fully saturated rings. The number of hydrogen-bond acceptors (Lipinski definition) is 8. The summed E-state index contributed by atoms with van der Waals surface area (Å²) in [7, 11) is -4.36. The Hall–Kier alpha value is -2.16. The molecule has 0 radical (unpaired) electrons. The molecule has 0 saturated heterocycles. The highest BCUT2D eigenvalue weighted by atomic mass is 32.2. The average Bonchev–Trinajstić information content (AvgIpc) is 3.51. The summed E-state index contributed by atoms with van der Waals surface area (Å²) in [6.07, 6.45) is 14.5. The summed E-state index contributed by atoms with van der Waals surface area (Å²) in [5.41, 5.74) is 0.973. The van der Waals surface area contributed by atoms with E-state index in [1.807, 2.05) is 48.9 Å². The predicted octanol–water partition coefficient (Wildman–Crippen LogP) is 8.94. The topological polar surface area (TPSA) is 86.7 Å². The van der Waals surface area contributed by atoms with Crippen molar-refractivity contribution in [3.05, 3.63) is 65.7 Å². The molecule has 0 amide bonds. The van der Waals surface area contributed by atoms with Crippen LogP contribution in [-0.2, 0) is 20.4 Å². The maximum absolute atomic E-state index is 12.7. The molecule has 0 aromatic heterocycles. The van der Waals surface area contributed by atoms with Gasteiger partial charge in [0.2, 0.25) is 0 Å². The Labute approximate surface area is 262 Å². The van der Waals surface area contributed by atoms with Gasteiger partial charge in [0.05, 0.1) is 19.1 Å². The van der Waals surface area contributed by atoms with Crippen LogP contribution in [0.5, 0.6) is 17.2 Å². The number of phosphoric ester groups is 1. The van der Waals surface area contributed by atoms with Crippen LogP contribution in [0.25, 0.3) is 0 Å². The lowest BCUT2D eigenvalue weighted by atomic mass is 10.1. The molecule has 0 bridgehead atoms. The monoisotopic (exact) mass is 635 g/mol. The van der Waals surface area contributed by atoms with Gasteiger partial charge in [-0.15, -0.1) is 11.8 Å². The predicted molar refractivity (Wildman–Crippen MR) is 175 cm³/mol. The average molecular weight is 636 g/mol. The summed E-state index contributed by atoms with van der Waals surface area (Å²) in [5.74, 6) is 2.62. The minimum absolute atomic E-state index is 0.156. The lowest BCUT2D eigenvalue weighted by Crippen LogP contribution is -2.27. The van der Waals surface area contributed by atoms with Gasteiger partial charge in [-0.3, -0.25) is 9.42 Å².